The second-order valence-electron chi connectivity index (χ2n) is 8.35. The van der Waals surface area contributed by atoms with Crippen molar-refractivity contribution in [3.8, 4) is 6.07 Å². The van der Waals surface area contributed by atoms with E-state index < -0.39 is 5.91 Å². The van der Waals surface area contributed by atoms with Gasteiger partial charge in [-0.1, -0.05) is 36.7 Å². The molecule has 0 saturated carbocycles. The molecule has 1 aliphatic heterocycles. The summed E-state index contributed by atoms with van der Waals surface area (Å²) < 4.78 is 0. The molecule has 3 rings (SSSR count). The number of hydrogen-bond donors (Lipinski definition) is 1. The number of carbonyl (C=O) groups is 1. The van der Waals surface area contributed by atoms with E-state index in [4.69, 9.17) is 11.6 Å². The summed E-state index contributed by atoms with van der Waals surface area (Å²) in [7, 11) is 2.08. The molecule has 1 unspecified atom stereocenters. The van der Waals surface area contributed by atoms with Crippen LogP contribution in [0.4, 0.5) is 11.4 Å². The Morgan fingerprint density at radius 2 is 2.03 bits per heavy atom. The molecule has 5 heteroatoms. The van der Waals surface area contributed by atoms with Gasteiger partial charge in [0, 0.05) is 29.0 Å². The predicted octanol–water partition coefficient (Wildman–Crippen LogP) is 5.92. The Hall–Kier alpha value is -2.77. The monoisotopic (exact) mass is 407 g/mol. The average Bonchev–Trinajstić information content (AvgIpc) is 2.66. The Labute approximate surface area is 177 Å². The first-order valence-electron chi connectivity index (χ1n) is 9.70. The summed E-state index contributed by atoms with van der Waals surface area (Å²) in [6.45, 7) is 8.55. The van der Waals surface area contributed by atoms with Gasteiger partial charge in [-0.15, -0.1) is 0 Å². The summed E-state index contributed by atoms with van der Waals surface area (Å²) in [5, 5.41) is 12.9. The van der Waals surface area contributed by atoms with Crippen molar-refractivity contribution in [3.63, 3.8) is 0 Å². The number of amides is 1. The minimum atomic E-state index is -0.443. The number of carbonyl (C=O) groups excluding carboxylic acids is 1. The van der Waals surface area contributed by atoms with Crippen LogP contribution in [0.25, 0.3) is 6.08 Å². The Morgan fingerprint density at radius 1 is 1.34 bits per heavy atom. The summed E-state index contributed by atoms with van der Waals surface area (Å²) in [4.78, 5) is 14.9. The van der Waals surface area contributed by atoms with Gasteiger partial charge in [-0.25, -0.2) is 0 Å². The van der Waals surface area contributed by atoms with E-state index in [9.17, 15) is 10.1 Å². The van der Waals surface area contributed by atoms with E-state index in [0.717, 1.165) is 17.7 Å². The van der Waals surface area contributed by atoms with Crippen molar-refractivity contribution < 1.29 is 4.79 Å². The van der Waals surface area contributed by atoms with E-state index in [1.54, 1.807) is 6.08 Å². The predicted molar refractivity (Wildman–Crippen MR) is 120 cm³/mol. The van der Waals surface area contributed by atoms with Crippen LogP contribution in [0.5, 0.6) is 0 Å². The van der Waals surface area contributed by atoms with Crippen molar-refractivity contribution in [2.75, 3.05) is 17.3 Å². The average molecular weight is 408 g/mol. The molecule has 0 saturated heterocycles. The largest absolute Gasteiger partial charge is 0.369 e. The maximum absolute atomic E-state index is 12.6. The van der Waals surface area contributed by atoms with Crippen LogP contribution < -0.4 is 10.2 Å². The number of rotatable bonds is 3. The number of fused-ring (bicyclic) bond motifs is 1. The molecular weight excluding hydrogens is 382 g/mol. The molecule has 1 aliphatic rings. The molecule has 1 N–H and O–H groups in total. The van der Waals surface area contributed by atoms with Gasteiger partial charge in [-0.05, 0) is 74.1 Å². The van der Waals surface area contributed by atoms with Crippen molar-refractivity contribution in [1.29, 1.82) is 5.26 Å². The molecule has 0 aliphatic carbocycles. The lowest BCUT2D eigenvalue weighted by Gasteiger charge is -2.45. The van der Waals surface area contributed by atoms with Crippen LogP contribution in [-0.2, 0) is 4.79 Å². The SMILES string of the molecule is Cc1ccccc1NC(=O)/C(C#N)=C/c1cc2c(cc1Cl)N(C)C(C)(C)CC2C. The number of benzene rings is 2. The Kier molecular flexibility index (Phi) is 5.73. The van der Waals surface area contributed by atoms with Crippen LogP contribution in [0, 0.1) is 18.3 Å². The van der Waals surface area contributed by atoms with Gasteiger partial charge >= 0.3 is 0 Å². The van der Waals surface area contributed by atoms with Crippen LogP contribution >= 0.6 is 11.6 Å². The highest BCUT2D eigenvalue weighted by Gasteiger charge is 2.34. The van der Waals surface area contributed by atoms with Gasteiger partial charge in [0.15, 0.2) is 0 Å². The minimum Gasteiger partial charge on any atom is -0.369 e. The fraction of sp³-hybridized carbons (Fsp3) is 0.333. The highest BCUT2D eigenvalue weighted by atomic mass is 35.5. The van der Waals surface area contributed by atoms with Crippen LogP contribution in [0.2, 0.25) is 5.02 Å². The van der Waals surface area contributed by atoms with E-state index in [-0.39, 0.29) is 11.1 Å². The zero-order chi connectivity index (χ0) is 21.3. The Balaban J connectivity index is 1.97. The number of nitrogens with one attached hydrogen (secondary N) is 1. The Bertz CT molecular complexity index is 1030. The molecule has 0 spiro atoms. The molecule has 4 nitrogen and oxygen atoms in total. The van der Waals surface area contributed by atoms with Crippen molar-refractivity contribution in [2.45, 2.75) is 45.6 Å². The van der Waals surface area contributed by atoms with Gasteiger partial charge in [-0.3, -0.25) is 4.79 Å². The molecule has 1 heterocycles. The summed E-state index contributed by atoms with van der Waals surface area (Å²) >= 11 is 6.55. The van der Waals surface area contributed by atoms with Crippen LogP contribution in [0.1, 0.15) is 49.8 Å². The molecule has 0 bridgehead atoms. The number of aryl methyl sites for hydroxylation is 1. The van der Waals surface area contributed by atoms with Gasteiger partial charge in [0.25, 0.3) is 5.91 Å². The second-order valence-corrected chi connectivity index (χ2v) is 8.76. The lowest BCUT2D eigenvalue weighted by atomic mass is 9.80. The molecule has 29 heavy (non-hydrogen) atoms. The van der Waals surface area contributed by atoms with Gasteiger partial charge < -0.3 is 10.2 Å². The molecule has 1 amide bonds. The normalized spacial score (nSPS) is 18.0. The number of para-hydroxylation sites is 1. The summed E-state index contributed by atoms with van der Waals surface area (Å²) in [5.74, 6) is -0.0890. The van der Waals surface area contributed by atoms with Crippen molar-refractivity contribution in [3.05, 3.63) is 63.7 Å². The van der Waals surface area contributed by atoms with E-state index in [2.05, 4.69) is 38.0 Å². The number of anilines is 2. The fourth-order valence-corrected chi connectivity index (χ4v) is 4.13. The van der Waals surface area contributed by atoms with E-state index >= 15 is 0 Å². The van der Waals surface area contributed by atoms with Gasteiger partial charge in [0.2, 0.25) is 0 Å². The molecular formula is C24H26ClN3O. The third kappa shape index (κ3) is 4.16. The smallest absolute Gasteiger partial charge is 0.266 e. The quantitative estimate of drug-likeness (QED) is 0.507. The molecule has 0 fully saturated rings. The first-order chi connectivity index (χ1) is 13.6. The molecule has 2 aromatic carbocycles. The van der Waals surface area contributed by atoms with Crippen LogP contribution in [0.15, 0.2) is 42.0 Å². The molecule has 0 aromatic heterocycles. The summed E-state index contributed by atoms with van der Waals surface area (Å²) in [6, 6.07) is 13.4. The van der Waals surface area contributed by atoms with Crippen LogP contribution in [0.3, 0.4) is 0 Å². The minimum absolute atomic E-state index is 0.0206. The van der Waals surface area contributed by atoms with E-state index in [1.807, 2.05) is 49.4 Å². The molecule has 150 valence electrons. The van der Waals surface area contributed by atoms with Gasteiger partial charge in [0.1, 0.15) is 11.6 Å². The summed E-state index contributed by atoms with van der Waals surface area (Å²) in [5.41, 5.74) is 4.64. The topological polar surface area (TPSA) is 56.1 Å². The second kappa shape index (κ2) is 7.93. The van der Waals surface area contributed by atoms with E-state index in [1.165, 1.54) is 5.56 Å². The lowest BCUT2D eigenvalue weighted by Crippen LogP contribution is -2.45. The molecule has 2 aromatic rings. The number of halogens is 1. The van der Waals surface area contributed by atoms with E-state index in [0.29, 0.717) is 22.2 Å². The standard InChI is InChI=1S/C24H26ClN3O/c1-15-8-6-7-9-21(15)27-23(29)18(14-26)10-17-11-19-16(2)13-24(3,4)28(5)22(19)12-20(17)25/h6-12,16H,13H2,1-5H3,(H,27,29)/b18-10+. The highest BCUT2D eigenvalue weighted by Crippen LogP contribution is 2.44. The maximum Gasteiger partial charge on any atom is 0.266 e. The summed E-state index contributed by atoms with van der Waals surface area (Å²) in [6.07, 6.45) is 2.59. The van der Waals surface area contributed by atoms with Gasteiger partial charge in [0.05, 0.1) is 0 Å². The number of nitriles is 1. The lowest BCUT2D eigenvalue weighted by molar-refractivity contribution is -0.112. The Morgan fingerprint density at radius 3 is 2.69 bits per heavy atom. The zero-order valence-corrected chi connectivity index (χ0v) is 18.3. The third-order valence-corrected chi connectivity index (χ3v) is 6.14. The molecule has 1 atom stereocenters. The number of hydrogen-bond acceptors (Lipinski definition) is 3. The van der Waals surface area contributed by atoms with Gasteiger partial charge in [-0.2, -0.15) is 5.26 Å². The highest BCUT2D eigenvalue weighted by molar-refractivity contribution is 6.32. The first kappa shape index (κ1) is 21.0. The van der Waals surface area contributed by atoms with Crippen molar-refractivity contribution in [1.82, 2.24) is 0 Å². The van der Waals surface area contributed by atoms with Crippen molar-refractivity contribution in [2.24, 2.45) is 0 Å². The van der Waals surface area contributed by atoms with Crippen LogP contribution in [-0.4, -0.2) is 18.5 Å². The maximum atomic E-state index is 12.6. The zero-order valence-electron chi connectivity index (χ0n) is 17.5. The fourth-order valence-electron chi connectivity index (χ4n) is 3.92. The molecule has 0 radical (unpaired) electrons. The van der Waals surface area contributed by atoms with Crippen molar-refractivity contribution >= 4 is 35.0 Å². The first-order valence-corrected chi connectivity index (χ1v) is 10.1. The number of nitrogens with zero attached hydrogens (tertiary/aromatic N) is 2. The third-order valence-electron chi connectivity index (χ3n) is 5.81.